The summed E-state index contributed by atoms with van der Waals surface area (Å²) < 4.78 is 23.2. The molecule has 3 nitrogen and oxygen atoms in total. The second kappa shape index (κ2) is 4.90. The fourth-order valence-electron chi connectivity index (χ4n) is 1.38. The number of aryl methyl sites for hydroxylation is 1. The molecule has 0 radical (unpaired) electrons. The van der Waals surface area contributed by atoms with Crippen molar-refractivity contribution in [2.45, 2.75) is 20.1 Å². The van der Waals surface area contributed by atoms with E-state index in [1.54, 1.807) is 6.07 Å². The van der Waals surface area contributed by atoms with Crippen molar-refractivity contribution in [1.82, 2.24) is 5.16 Å². The Hall–Kier alpha value is -1.68. The van der Waals surface area contributed by atoms with Crippen molar-refractivity contribution in [2.75, 3.05) is 0 Å². The standard InChI is InChI=1S/C12H12FNO2/c1-9-5-12(16-14-9)8-15-7-10-3-2-4-11(13)6-10/h2-6H,7-8H2,1H3. The van der Waals surface area contributed by atoms with Crippen molar-refractivity contribution >= 4 is 0 Å². The number of hydrogen-bond acceptors (Lipinski definition) is 3. The van der Waals surface area contributed by atoms with E-state index in [4.69, 9.17) is 9.26 Å². The Morgan fingerprint density at radius 1 is 1.31 bits per heavy atom. The minimum atomic E-state index is -0.253. The summed E-state index contributed by atoms with van der Waals surface area (Å²) in [7, 11) is 0. The zero-order valence-electron chi connectivity index (χ0n) is 8.94. The molecule has 84 valence electrons. The smallest absolute Gasteiger partial charge is 0.162 e. The van der Waals surface area contributed by atoms with Crippen LogP contribution in [-0.4, -0.2) is 5.16 Å². The molecule has 1 aromatic carbocycles. The molecule has 0 aliphatic rings. The van der Waals surface area contributed by atoms with Gasteiger partial charge in [0.2, 0.25) is 0 Å². The Bertz CT molecular complexity index is 468. The van der Waals surface area contributed by atoms with E-state index in [-0.39, 0.29) is 5.82 Å². The highest BCUT2D eigenvalue weighted by Gasteiger charge is 2.01. The number of ether oxygens (including phenoxy) is 1. The summed E-state index contributed by atoms with van der Waals surface area (Å²) in [5.74, 6) is 0.422. The second-order valence-electron chi connectivity index (χ2n) is 3.56. The van der Waals surface area contributed by atoms with Crippen LogP contribution in [0, 0.1) is 12.7 Å². The van der Waals surface area contributed by atoms with Crippen molar-refractivity contribution in [1.29, 1.82) is 0 Å². The Kier molecular flexibility index (Phi) is 3.31. The Labute approximate surface area is 92.8 Å². The molecule has 0 fully saturated rings. The molecule has 1 aromatic heterocycles. The van der Waals surface area contributed by atoms with E-state index >= 15 is 0 Å². The van der Waals surface area contributed by atoms with E-state index in [2.05, 4.69) is 5.16 Å². The zero-order valence-corrected chi connectivity index (χ0v) is 8.94. The van der Waals surface area contributed by atoms with Crippen LogP contribution in [0.1, 0.15) is 17.0 Å². The first-order valence-electron chi connectivity index (χ1n) is 4.98. The number of aromatic nitrogens is 1. The third kappa shape index (κ3) is 2.90. The lowest BCUT2D eigenvalue weighted by molar-refractivity contribution is 0.0882. The van der Waals surface area contributed by atoms with Gasteiger partial charge in [0.05, 0.1) is 12.3 Å². The molecule has 0 saturated heterocycles. The molecule has 16 heavy (non-hydrogen) atoms. The van der Waals surface area contributed by atoms with Crippen molar-refractivity contribution in [3.63, 3.8) is 0 Å². The van der Waals surface area contributed by atoms with Crippen LogP contribution in [0.2, 0.25) is 0 Å². The summed E-state index contributed by atoms with van der Waals surface area (Å²) in [6, 6.07) is 8.14. The van der Waals surface area contributed by atoms with Gasteiger partial charge in [0.15, 0.2) is 5.76 Å². The van der Waals surface area contributed by atoms with Gasteiger partial charge in [-0.2, -0.15) is 0 Å². The van der Waals surface area contributed by atoms with E-state index in [0.29, 0.717) is 19.0 Å². The van der Waals surface area contributed by atoms with Gasteiger partial charge in [-0.15, -0.1) is 0 Å². The summed E-state index contributed by atoms with van der Waals surface area (Å²) in [5.41, 5.74) is 1.63. The first-order chi connectivity index (χ1) is 7.74. The van der Waals surface area contributed by atoms with Gasteiger partial charge < -0.3 is 9.26 Å². The lowest BCUT2D eigenvalue weighted by atomic mass is 10.2. The molecule has 2 aromatic rings. The van der Waals surface area contributed by atoms with Crippen molar-refractivity contribution in [3.8, 4) is 0 Å². The van der Waals surface area contributed by atoms with Crippen LogP contribution in [0.15, 0.2) is 34.9 Å². The van der Waals surface area contributed by atoms with Crippen LogP contribution in [0.25, 0.3) is 0 Å². The van der Waals surface area contributed by atoms with Crippen molar-refractivity contribution in [3.05, 3.63) is 53.2 Å². The van der Waals surface area contributed by atoms with Gasteiger partial charge in [-0.3, -0.25) is 0 Å². The summed E-state index contributed by atoms with van der Waals surface area (Å²) >= 11 is 0. The maximum Gasteiger partial charge on any atom is 0.162 e. The first kappa shape index (κ1) is 10.8. The predicted molar refractivity (Wildman–Crippen MR) is 56.1 cm³/mol. The van der Waals surface area contributed by atoms with Gasteiger partial charge in [0.25, 0.3) is 0 Å². The molecule has 0 atom stereocenters. The van der Waals surface area contributed by atoms with Crippen molar-refractivity contribution < 1.29 is 13.7 Å². The second-order valence-corrected chi connectivity index (χ2v) is 3.56. The molecule has 0 N–H and O–H groups in total. The van der Waals surface area contributed by atoms with Crippen molar-refractivity contribution in [2.24, 2.45) is 0 Å². The first-order valence-corrected chi connectivity index (χ1v) is 4.98. The Morgan fingerprint density at radius 2 is 2.19 bits per heavy atom. The summed E-state index contributed by atoms with van der Waals surface area (Å²) in [5, 5.41) is 3.74. The molecule has 0 aliphatic heterocycles. The van der Waals surface area contributed by atoms with Crippen LogP contribution < -0.4 is 0 Å². The minimum Gasteiger partial charge on any atom is -0.369 e. The SMILES string of the molecule is Cc1cc(COCc2cccc(F)c2)on1. The minimum absolute atomic E-state index is 0.253. The predicted octanol–water partition coefficient (Wildman–Crippen LogP) is 2.84. The van der Waals surface area contributed by atoms with Gasteiger partial charge >= 0.3 is 0 Å². The molecular formula is C12H12FNO2. The maximum atomic E-state index is 12.8. The van der Waals surface area contributed by atoms with Gasteiger partial charge in [-0.25, -0.2) is 4.39 Å². The third-order valence-electron chi connectivity index (χ3n) is 2.08. The highest BCUT2D eigenvalue weighted by atomic mass is 19.1. The molecule has 0 spiro atoms. The molecule has 1 heterocycles. The topological polar surface area (TPSA) is 35.3 Å². The summed E-state index contributed by atoms with van der Waals surface area (Å²) in [6.45, 7) is 2.55. The van der Waals surface area contributed by atoms with Crippen LogP contribution in [0.3, 0.4) is 0 Å². The molecule has 2 rings (SSSR count). The number of rotatable bonds is 4. The van der Waals surface area contributed by atoms with E-state index in [9.17, 15) is 4.39 Å². The van der Waals surface area contributed by atoms with E-state index in [1.165, 1.54) is 12.1 Å². The summed E-state index contributed by atoms with van der Waals surface area (Å²) in [6.07, 6.45) is 0. The number of nitrogens with zero attached hydrogens (tertiary/aromatic N) is 1. The number of halogens is 1. The number of benzene rings is 1. The molecule has 4 heteroatoms. The van der Waals surface area contributed by atoms with Crippen LogP contribution in [0.5, 0.6) is 0 Å². The molecular weight excluding hydrogens is 209 g/mol. The highest BCUT2D eigenvalue weighted by molar-refractivity contribution is 5.15. The fraction of sp³-hybridized carbons (Fsp3) is 0.250. The Morgan fingerprint density at radius 3 is 2.88 bits per heavy atom. The van der Waals surface area contributed by atoms with Gasteiger partial charge in [-0.1, -0.05) is 17.3 Å². The number of hydrogen-bond donors (Lipinski definition) is 0. The maximum absolute atomic E-state index is 12.8. The third-order valence-corrected chi connectivity index (χ3v) is 2.08. The summed E-state index contributed by atoms with van der Waals surface area (Å²) in [4.78, 5) is 0. The van der Waals surface area contributed by atoms with Gasteiger partial charge in [-0.05, 0) is 24.6 Å². The largest absolute Gasteiger partial charge is 0.369 e. The highest BCUT2D eigenvalue weighted by Crippen LogP contribution is 2.08. The fourth-order valence-corrected chi connectivity index (χ4v) is 1.38. The molecule has 0 aliphatic carbocycles. The molecule has 0 saturated carbocycles. The van der Waals surface area contributed by atoms with E-state index in [0.717, 1.165) is 11.3 Å². The average molecular weight is 221 g/mol. The van der Waals surface area contributed by atoms with Crippen LogP contribution in [0.4, 0.5) is 4.39 Å². The lowest BCUT2D eigenvalue weighted by Gasteiger charge is -2.01. The van der Waals surface area contributed by atoms with Crippen LogP contribution in [-0.2, 0) is 18.0 Å². The zero-order chi connectivity index (χ0) is 11.4. The van der Waals surface area contributed by atoms with E-state index in [1.807, 2.05) is 19.1 Å². The lowest BCUT2D eigenvalue weighted by Crippen LogP contribution is -1.93. The quantitative estimate of drug-likeness (QED) is 0.796. The van der Waals surface area contributed by atoms with Gasteiger partial charge in [0.1, 0.15) is 12.4 Å². The van der Waals surface area contributed by atoms with Gasteiger partial charge in [0, 0.05) is 6.07 Å². The molecule has 0 bridgehead atoms. The van der Waals surface area contributed by atoms with Crippen LogP contribution >= 0.6 is 0 Å². The molecule has 0 unspecified atom stereocenters. The monoisotopic (exact) mass is 221 g/mol. The average Bonchev–Trinajstić information content (AvgIpc) is 2.64. The normalized spacial score (nSPS) is 10.6. The molecule has 0 amide bonds. The van der Waals surface area contributed by atoms with E-state index < -0.39 is 0 Å². The Balaban J connectivity index is 1.84.